The molecule has 2 heterocycles. The zero-order valence-electron chi connectivity index (χ0n) is 17.5. The predicted octanol–water partition coefficient (Wildman–Crippen LogP) is 4.47. The van der Waals surface area contributed by atoms with Crippen molar-refractivity contribution < 1.29 is 8.42 Å². The van der Waals surface area contributed by atoms with Gasteiger partial charge in [0.25, 0.3) is 10.0 Å². The molecule has 7 heteroatoms. The Kier molecular flexibility index (Phi) is 4.90. The molecule has 5 rings (SSSR count). The minimum absolute atomic E-state index is 0.201. The summed E-state index contributed by atoms with van der Waals surface area (Å²) in [6.45, 7) is 1.92. The third kappa shape index (κ3) is 3.50. The molecule has 2 aromatic carbocycles. The number of rotatable bonds is 5. The van der Waals surface area contributed by atoms with Crippen LogP contribution in [0.25, 0.3) is 6.08 Å². The molecule has 4 aromatic rings. The number of hydrogen-bond acceptors (Lipinski definition) is 4. The van der Waals surface area contributed by atoms with Gasteiger partial charge in [-0.2, -0.15) is 5.10 Å². The highest BCUT2D eigenvalue weighted by Crippen LogP contribution is 2.41. The number of H-pyrrole nitrogens is 1. The second-order valence-corrected chi connectivity index (χ2v) is 9.63. The van der Waals surface area contributed by atoms with Gasteiger partial charge >= 0.3 is 0 Å². The van der Waals surface area contributed by atoms with Crippen molar-refractivity contribution in [3.63, 3.8) is 0 Å². The van der Waals surface area contributed by atoms with Crippen molar-refractivity contribution in [2.24, 2.45) is 0 Å². The lowest BCUT2D eigenvalue weighted by Gasteiger charge is -2.33. The van der Waals surface area contributed by atoms with Gasteiger partial charge in [0.2, 0.25) is 0 Å². The molecule has 0 fully saturated rings. The first kappa shape index (κ1) is 20.2. The third-order valence-electron chi connectivity index (χ3n) is 5.85. The average Bonchev–Trinajstić information content (AvgIpc) is 3.21. The molecular formula is C25H22N4O2S. The van der Waals surface area contributed by atoms with Crippen molar-refractivity contribution in [1.82, 2.24) is 15.2 Å². The SMILES string of the molecule is Cc1ccc(S(=O)(=O)Nc2n[nH]c3c2C=CC(c2ccccc2)(c2ccccn2)C3)cc1. The highest BCUT2D eigenvalue weighted by molar-refractivity contribution is 7.92. The van der Waals surface area contributed by atoms with Crippen LogP contribution in [0.1, 0.15) is 28.1 Å². The van der Waals surface area contributed by atoms with Gasteiger partial charge in [-0.15, -0.1) is 0 Å². The first-order valence-electron chi connectivity index (χ1n) is 10.3. The van der Waals surface area contributed by atoms with Crippen molar-refractivity contribution in [1.29, 1.82) is 0 Å². The van der Waals surface area contributed by atoms with Crippen molar-refractivity contribution in [3.8, 4) is 0 Å². The molecule has 160 valence electrons. The zero-order valence-corrected chi connectivity index (χ0v) is 18.3. The molecule has 6 nitrogen and oxygen atoms in total. The first-order valence-corrected chi connectivity index (χ1v) is 11.8. The topological polar surface area (TPSA) is 87.7 Å². The normalized spacial score (nSPS) is 17.7. The van der Waals surface area contributed by atoms with E-state index in [1.807, 2.05) is 49.4 Å². The zero-order chi connectivity index (χ0) is 22.2. The maximum absolute atomic E-state index is 12.9. The summed E-state index contributed by atoms with van der Waals surface area (Å²) in [6, 6.07) is 22.8. The average molecular weight is 443 g/mol. The molecule has 1 unspecified atom stereocenters. The predicted molar refractivity (Wildman–Crippen MR) is 125 cm³/mol. The Morgan fingerprint density at radius 2 is 1.72 bits per heavy atom. The van der Waals surface area contributed by atoms with Crippen LogP contribution < -0.4 is 4.72 Å². The number of aryl methyl sites for hydroxylation is 1. The Morgan fingerprint density at radius 1 is 0.969 bits per heavy atom. The van der Waals surface area contributed by atoms with Gasteiger partial charge in [0.05, 0.1) is 16.0 Å². The Morgan fingerprint density at radius 3 is 2.44 bits per heavy atom. The van der Waals surface area contributed by atoms with Crippen LogP contribution in [-0.2, 0) is 21.9 Å². The number of hydrogen-bond donors (Lipinski definition) is 2. The van der Waals surface area contributed by atoms with Crippen LogP contribution in [0, 0.1) is 6.92 Å². The summed E-state index contributed by atoms with van der Waals surface area (Å²) < 4.78 is 28.4. The minimum atomic E-state index is -3.75. The van der Waals surface area contributed by atoms with E-state index < -0.39 is 15.4 Å². The molecule has 0 saturated heterocycles. The third-order valence-corrected chi connectivity index (χ3v) is 7.20. The van der Waals surface area contributed by atoms with E-state index >= 15 is 0 Å². The Hall–Kier alpha value is -3.71. The minimum Gasteiger partial charge on any atom is -0.280 e. The van der Waals surface area contributed by atoms with E-state index in [0.29, 0.717) is 12.2 Å². The smallest absolute Gasteiger partial charge is 0.263 e. The summed E-state index contributed by atoms with van der Waals surface area (Å²) in [5, 5.41) is 7.34. The molecule has 0 spiro atoms. The van der Waals surface area contributed by atoms with E-state index in [2.05, 4.69) is 38.1 Å². The van der Waals surface area contributed by atoms with Gasteiger partial charge in [0.1, 0.15) is 0 Å². The number of sulfonamides is 1. The highest BCUT2D eigenvalue weighted by Gasteiger charge is 2.38. The number of aromatic amines is 1. The van der Waals surface area contributed by atoms with Gasteiger partial charge in [-0.3, -0.25) is 14.8 Å². The molecule has 1 atom stereocenters. The quantitative estimate of drug-likeness (QED) is 0.477. The molecule has 0 bridgehead atoms. The van der Waals surface area contributed by atoms with Crippen molar-refractivity contribution in [2.75, 3.05) is 4.72 Å². The van der Waals surface area contributed by atoms with E-state index in [1.165, 1.54) is 0 Å². The van der Waals surface area contributed by atoms with Crippen LogP contribution in [0.2, 0.25) is 0 Å². The molecule has 32 heavy (non-hydrogen) atoms. The van der Waals surface area contributed by atoms with Crippen LogP contribution in [0.15, 0.2) is 90.0 Å². The number of nitrogens with zero attached hydrogens (tertiary/aromatic N) is 2. The second kappa shape index (κ2) is 7.76. The fourth-order valence-electron chi connectivity index (χ4n) is 4.13. The van der Waals surface area contributed by atoms with Crippen LogP contribution in [-0.4, -0.2) is 23.6 Å². The largest absolute Gasteiger partial charge is 0.280 e. The van der Waals surface area contributed by atoms with Crippen LogP contribution in [0.4, 0.5) is 5.82 Å². The fraction of sp³-hybridized carbons (Fsp3) is 0.120. The van der Waals surface area contributed by atoms with Gasteiger partial charge < -0.3 is 0 Å². The number of pyridine rings is 1. The number of aromatic nitrogens is 3. The van der Waals surface area contributed by atoms with Gasteiger partial charge in [0.15, 0.2) is 5.82 Å². The molecule has 0 aliphatic heterocycles. The maximum atomic E-state index is 12.9. The van der Waals surface area contributed by atoms with Crippen molar-refractivity contribution in [3.05, 3.63) is 113 Å². The lowest BCUT2D eigenvalue weighted by Crippen LogP contribution is -2.31. The Bertz CT molecular complexity index is 1340. The molecule has 0 radical (unpaired) electrons. The van der Waals surface area contributed by atoms with Crippen LogP contribution in [0.5, 0.6) is 0 Å². The van der Waals surface area contributed by atoms with E-state index in [4.69, 9.17) is 0 Å². The summed E-state index contributed by atoms with van der Waals surface area (Å²) in [4.78, 5) is 4.84. The standard InChI is InChI=1S/C25H22N4O2S/c1-18-10-12-20(13-11-18)32(30,31)29-24-21-14-15-25(17-22(21)27-28-24,19-7-3-2-4-8-19)23-9-5-6-16-26-23/h2-16H,17H2,1H3,(H2,27,28,29). The number of benzene rings is 2. The summed E-state index contributed by atoms with van der Waals surface area (Å²) in [7, 11) is -3.75. The Labute approximate surface area is 187 Å². The van der Waals surface area contributed by atoms with E-state index in [-0.39, 0.29) is 4.90 Å². The summed E-state index contributed by atoms with van der Waals surface area (Å²) in [6.07, 6.45) is 6.39. The number of fused-ring (bicyclic) bond motifs is 1. The number of allylic oxidation sites excluding steroid dienone is 1. The van der Waals surface area contributed by atoms with Gasteiger partial charge in [-0.05, 0) is 36.8 Å². The van der Waals surface area contributed by atoms with Gasteiger partial charge in [-0.1, -0.05) is 66.2 Å². The van der Waals surface area contributed by atoms with E-state index in [1.54, 1.807) is 30.5 Å². The van der Waals surface area contributed by atoms with Crippen molar-refractivity contribution >= 4 is 21.9 Å². The molecular weight excluding hydrogens is 420 g/mol. The van der Waals surface area contributed by atoms with Crippen LogP contribution in [0.3, 0.4) is 0 Å². The lowest BCUT2D eigenvalue weighted by molar-refractivity contribution is 0.601. The molecule has 2 N–H and O–H groups in total. The Balaban J connectivity index is 1.53. The summed E-state index contributed by atoms with van der Waals surface area (Å²) >= 11 is 0. The highest BCUT2D eigenvalue weighted by atomic mass is 32.2. The lowest BCUT2D eigenvalue weighted by atomic mass is 9.70. The van der Waals surface area contributed by atoms with E-state index in [0.717, 1.165) is 28.1 Å². The number of nitrogens with one attached hydrogen (secondary N) is 2. The fourth-order valence-corrected chi connectivity index (χ4v) is 5.15. The molecule has 2 aromatic heterocycles. The monoisotopic (exact) mass is 442 g/mol. The van der Waals surface area contributed by atoms with Gasteiger partial charge in [-0.25, -0.2) is 8.42 Å². The van der Waals surface area contributed by atoms with E-state index in [9.17, 15) is 8.42 Å². The van der Waals surface area contributed by atoms with Gasteiger partial charge in [0, 0.05) is 23.9 Å². The summed E-state index contributed by atoms with van der Waals surface area (Å²) in [5.74, 6) is 0.291. The molecule has 0 saturated carbocycles. The van der Waals surface area contributed by atoms with Crippen molar-refractivity contribution in [2.45, 2.75) is 23.7 Å². The molecule has 1 aliphatic carbocycles. The number of anilines is 1. The molecule has 0 amide bonds. The first-order chi connectivity index (χ1) is 15.5. The maximum Gasteiger partial charge on any atom is 0.263 e. The second-order valence-electron chi connectivity index (χ2n) is 7.95. The summed E-state index contributed by atoms with van der Waals surface area (Å²) in [5.41, 5.74) is 4.14. The van der Waals surface area contributed by atoms with Crippen LogP contribution >= 0.6 is 0 Å². The molecule has 1 aliphatic rings.